The molecular formula is C27H19ClN4OS2. The molecule has 35 heavy (non-hydrogen) atoms. The van der Waals surface area contributed by atoms with Crippen LogP contribution in [0.4, 0.5) is 0 Å². The highest BCUT2D eigenvalue weighted by molar-refractivity contribution is 7.98. The van der Waals surface area contributed by atoms with Crippen molar-refractivity contribution in [2.24, 2.45) is 0 Å². The van der Waals surface area contributed by atoms with Crippen LogP contribution >= 0.6 is 34.7 Å². The third-order valence-electron chi connectivity index (χ3n) is 5.77. The molecule has 0 fully saturated rings. The van der Waals surface area contributed by atoms with Gasteiger partial charge in [0.05, 0.1) is 28.7 Å². The van der Waals surface area contributed by atoms with E-state index in [0.29, 0.717) is 28.5 Å². The van der Waals surface area contributed by atoms with Crippen LogP contribution in [0.25, 0.3) is 32.4 Å². The van der Waals surface area contributed by atoms with E-state index in [1.54, 1.807) is 11.8 Å². The maximum absolute atomic E-state index is 13.0. The van der Waals surface area contributed by atoms with Crippen molar-refractivity contribution in [3.63, 3.8) is 0 Å². The standard InChI is InChI=1S/C27H19ClN4OS2/c28-19-11-12-22-21(13-19)29-27(32(22)14-17-7-3-1-4-8-17)35-16-23-30-25(33)24-20(15-34-26(24)31-23)18-9-5-2-6-10-18/h1-13,15H,14,16H2,(H,30,31,33). The van der Waals surface area contributed by atoms with Crippen LogP contribution in [0.15, 0.2) is 94.2 Å². The highest BCUT2D eigenvalue weighted by Gasteiger charge is 2.16. The fourth-order valence-corrected chi connectivity index (χ4v) is 6.15. The molecule has 0 spiro atoms. The van der Waals surface area contributed by atoms with E-state index in [1.165, 1.54) is 16.9 Å². The molecule has 0 aliphatic carbocycles. The first kappa shape index (κ1) is 22.1. The average molecular weight is 515 g/mol. The maximum Gasteiger partial charge on any atom is 0.260 e. The normalized spacial score (nSPS) is 11.5. The van der Waals surface area contributed by atoms with Crippen molar-refractivity contribution < 1.29 is 0 Å². The van der Waals surface area contributed by atoms with Crippen molar-refractivity contribution in [3.8, 4) is 11.1 Å². The highest BCUT2D eigenvalue weighted by Crippen LogP contribution is 2.32. The van der Waals surface area contributed by atoms with Gasteiger partial charge in [0.1, 0.15) is 10.7 Å². The fraction of sp³-hybridized carbons (Fsp3) is 0.0741. The lowest BCUT2D eigenvalue weighted by atomic mass is 10.1. The minimum atomic E-state index is -0.115. The summed E-state index contributed by atoms with van der Waals surface area (Å²) < 4.78 is 2.18. The summed E-state index contributed by atoms with van der Waals surface area (Å²) >= 11 is 9.27. The molecule has 6 aromatic rings. The summed E-state index contributed by atoms with van der Waals surface area (Å²) in [7, 11) is 0. The van der Waals surface area contributed by atoms with Crippen molar-refractivity contribution in [1.29, 1.82) is 0 Å². The Morgan fingerprint density at radius 2 is 1.74 bits per heavy atom. The first-order valence-electron chi connectivity index (χ1n) is 11.0. The average Bonchev–Trinajstić information content (AvgIpc) is 3.45. The SMILES string of the molecule is O=c1[nH]c(CSc2nc3cc(Cl)ccc3n2Cc2ccccc2)nc2scc(-c3ccccc3)c12. The van der Waals surface area contributed by atoms with E-state index >= 15 is 0 Å². The zero-order chi connectivity index (χ0) is 23.8. The van der Waals surface area contributed by atoms with Crippen LogP contribution in [0, 0.1) is 0 Å². The van der Waals surface area contributed by atoms with Crippen LogP contribution in [0.1, 0.15) is 11.4 Å². The van der Waals surface area contributed by atoms with Crippen molar-refractivity contribution in [2.45, 2.75) is 17.5 Å². The smallest absolute Gasteiger partial charge is 0.260 e. The maximum atomic E-state index is 13.0. The summed E-state index contributed by atoms with van der Waals surface area (Å²) in [6, 6.07) is 26.0. The van der Waals surface area contributed by atoms with E-state index in [1.807, 2.05) is 72.1 Å². The monoisotopic (exact) mass is 514 g/mol. The molecule has 172 valence electrons. The number of aromatic amines is 1. The van der Waals surface area contributed by atoms with E-state index in [0.717, 1.165) is 32.1 Å². The van der Waals surface area contributed by atoms with Gasteiger partial charge >= 0.3 is 0 Å². The third-order valence-corrected chi connectivity index (χ3v) is 7.87. The van der Waals surface area contributed by atoms with Gasteiger partial charge < -0.3 is 9.55 Å². The number of hydrogen-bond acceptors (Lipinski definition) is 5. The first-order chi connectivity index (χ1) is 17.2. The van der Waals surface area contributed by atoms with Gasteiger partial charge in [0, 0.05) is 16.0 Å². The second-order valence-electron chi connectivity index (χ2n) is 8.10. The molecule has 0 aliphatic rings. The molecule has 3 aromatic carbocycles. The zero-order valence-electron chi connectivity index (χ0n) is 18.4. The molecule has 0 aliphatic heterocycles. The number of thioether (sulfide) groups is 1. The number of hydrogen-bond donors (Lipinski definition) is 1. The van der Waals surface area contributed by atoms with Gasteiger partial charge in [-0.25, -0.2) is 9.97 Å². The lowest BCUT2D eigenvalue weighted by molar-refractivity contribution is 0.730. The van der Waals surface area contributed by atoms with Crippen molar-refractivity contribution in [3.05, 3.63) is 111 Å². The van der Waals surface area contributed by atoms with Crippen LogP contribution in [0.2, 0.25) is 5.02 Å². The predicted molar refractivity (Wildman–Crippen MR) is 146 cm³/mol. The molecule has 1 N–H and O–H groups in total. The number of thiophene rings is 1. The molecule has 0 bridgehead atoms. The Bertz CT molecular complexity index is 1710. The number of halogens is 1. The number of nitrogens with one attached hydrogen (secondary N) is 1. The van der Waals surface area contributed by atoms with Gasteiger partial charge in [-0.3, -0.25) is 4.79 Å². The van der Waals surface area contributed by atoms with E-state index in [-0.39, 0.29) is 5.56 Å². The largest absolute Gasteiger partial charge is 0.314 e. The zero-order valence-corrected chi connectivity index (χ0v) is 20.8. The Labute approximate surface area is 214 Å². The summed E-state index contributed by atoms with van der Waals surface area (Å²) in [5.41, 5.74) is 4.86. The molecule has 8 heteroatoms. The first-order valence-corrected chi connectivity index (χ1v) is 13.3. The molecule has 6 rings (SSSR count). The summed E-state index contributed by atoms with van der Waals surface area (Å²) in [6.07, 6.45) is 0. The third kappa shape index (κ3) is 4.38. The van der Waals surface area contributed by atoms with Gasteiger partial charge in [-0.1, -0.05) is 84.0 Å². The van der Waals surface area contributed by atoms with Crippen molar-refractivity contribution in [1.82, 2.24) is 19.5 Å². The van der Waals surface area contributed by atoms with Crippen molar-refractivity contribution in [2.75, 3.05) is 0 Å². The van der Waals surface area contributed by atoms with Gasteiger partial charge in [-0.15, -0.1) is 11.3 Å². The number of nitrogens with zero attached hydrogens (tertiary/aromatic N) is 3. The Hall–Kier alpha value is -3.39. The summed E-state index contributed by atoms with van der Waals surface area (Å²) in [5.74, 6) is 1.13. The number of fused-ring (bicyclic) bond motifs is 2. The summed E-state index contributed by atoms with van der Waals surface area (Å²) in [4.78, 5) is 26.4. The summed E-state index contributed by atoms with van der Waals surface area (Å²) in [5, 5.41) is 4.15. The molecule has 5 nitrogen and oxygen atoms in total. The highest BCUT2D eigenvalue weighted by atomic mass is 35.5. The van der Waals surface area contributed by atoms with Crippen LogP contribution in [-0.4, -0.2) is 19.5 Å². The van der Waals surface area contributed by atoms with Crippen LogP contribution in [0.5, 0.6) is 0 Å². The number of rotatable bonds is 6. The number of H-pyrrole nitrogens is 1. The quantitative estimate of drug-likeness (QED) is 0.243. The fourth-order valence-electron chi connectivity index (χ4n) is 4.13. The van der Waals surface area contributed by atoms with E-state index in [2.05, 4.69) is 21.7 Å². The Morgan fingerprint density at radius 1 is 0.971 bits per heavy atom. The van der Waals surface area contributed by atoms with E-state index in [4.69, 9.17) is 21.6 Å². The van der Waals surface area contributed by atoms with E-state index in [9.17, 15) is 4.79 Å². The molecule has 3 heterocycles. The van der Waals surface area contributed by atoms with Gasteiger partial charge in [0.25, 0.3) is 5.56 Å². The van der Waals surface area contributed by atoms with Crippen LogP contribution < -0.4 is 5.56 Å². The van der Waals surface area contributed by atoms with Gasteiger partial charge in [0.15, 0.2) is 5.16 Å². The molecule has 0 unspecified atom stereocenters. The van der Waals surface area contributed by atoms with Crippen LogP contribution in [-0.2, 0) is 12.3 Å². The van der Waals surface area contributed by atoms with Gasteiger partial charge in [-0.05, 0) is 29.3 Å². The van der Waals surface area contributed by atoms with E-state index < -0.39 is 0 Å². The lowest BCUT2D eigenvalue weighted by Gasteiger charge is -2.09. The van der Waals surface area contributed by atoms with Crippen LogP contribution in [0.3, 0.4) is 0 Å². The molecule has 0 saturated carbocycles. The minimum absolute atomic E-state index is 0.115. The minimum Gasteiger partial charge on any atom is -0.314 e. The molecule has 3 aromatic heterocycles. The number of aromatic nitrogens is 4. The molecule has 0 radical (unpaired) electrons. The lowest BCUT2D eigenvalue weighted by Crippen LogP contribution is -2.11. The second kappa shape index (κ2) is 9.34. The molecular weight excluding hydrogens is 496 g/mol. The van der Waals surface area contributed by atoms with Crippen molar-refractivity contribution >= 4 is 55.9 Å². The Kier molecular flexibility index (Phi) is 5.90. The predicted octanol–water partition coefficient (Wildman–Crippen LogP) is 7.00. The van der Waals surface area contributed by atoms with Gasteiger partial charge in [-0.2, -0.15) is 0 Å². The topological polar surface area (TPSA) is 63.6 Å². The number of benzene rings is 3. The number of imidazole rings is 1. The Balaban J connectivity index is 1.33. The molecule has 0 atom stereocenters. The summed E-state index contributed by atoms with van der Waals surface area (Å²) in [6.45, 7) is 0.690. The second-order valence-corrected chi connectivity index (χ2v) is 10.3. The molecule has 0 saturated heterocycles. The Morgan fingerprint density at radius 3 is 2.54 bits per heavy atom. The van der Waals surface area contributed by atoms with Gasteiger partial charge in [0.2, 0.25) is 0 Å². The molecule has 0 amide bonds.